The SMILES string of the molecule is CCN(C(=O)[C@@H]1[C@@H](Cc2ccnc(N)c2)C(=O)N1C(=O)NC(C1CCCCC1)C1CC1)c1ccccc1. The number of urea groups is 1. The van der Waals surface area contributed by atoms with Crippen molar-refractivity contribution in [2.45, 2.75) is 70.4 Å². The second-order valence-electron chi connectivity index (χ2n) is 10.7. The first-order valence-electron chi connectivity index (χ1n) is 13.7. The molecule has 2 aliphatic carbocycles. The Bertz CT molecular complexity index is 1130. The van der Waals surface area contributed by atoms with Crippen molar-refractivity contribution in [2.75, 3.05) is 17.2 Å². The first-order chi connectivity index (χ1) is 18.0. The minimum Gasteiger partial charge on any atom is -0.384 e. The number of β-lactam (4-membered cyclic amide) rings is 1. The zero-order chi connectivity index (χ0) is 25.9. The van der Waals surface area contributed by atoms with Gasteiger partial charge in [0.05, 0.1) is 5.92 Å². The summed E-state index contributed by atoms with van der Waals surface area (Å²) in [5, 5.41) is 3.22. The van der Waals surface area contributed by atoms with Crippen molar-refractivity contribution in [3.63, 3.8) is 0 Å². The van der Waals surface area contributed by atoms with Crippen LogP contribution < -0.4 is 16.0 Å². The van der Waals surface area contributed by atoms with Crippen LogP contribution in [0.25, 0.3) is 0 Å². The van der Waals surface area contributed by atoms with Crippen molar-refractivity contribution in [1.82, 2.24) is 15.2 Å². The number of rotatable bonds is 8. The minimum atomic E-state index is -0.867. The monoisotopic (exact) mass is 503 g/mol. The van der Waals surface area contributed by atoms with Crippen LogP contribution in [0.1, 0.15) is 57.4 Å². The van der Waals surface area contributed by atoms with E-state index in [-0.39, 0.29) is 17.9 Å². The lowest BCUT2D eigenvalue weighted by atomic mass is 9.80. The van der Waals surface area contributed by atoms with E-state index in [1.165, 1.54) is 24.2 Å². The van der Waals surface area contributed by atoms with Crippen LogP contribution in [0.4, 0.5) is 16.3 Å². The molecule has 0 spiro atoms. The van der Waals surface area contributed by atoms with Gasteiger partial charge in [-0.15, -0.1) is 0 Å². The number of para-hydroxylation sites is 1. The number of hydrogen-bond donors (Lipinski definition) is 2. The van der Waals surface area contributed by atoms with Crippen LogP contribution >= 0.6 is 0 Å². The molecular weight excluding hydrogens is 466 g/mol. The third-order valence-electron chi connectivity index (χ3n) is 8.21. The Morgan fingerprint density at radius 1 is 1.08 bits per heavy atom. The minimum absolute atomic E-state index is 0.0757. The fourth-order valence-electron chi connectivity index (χ4n) is 6.15. The van der Waals surface area contributed by atoms with Crippen molar-refractivity contribution >= 4 is 29.4 Å². The summed E-state index contributed by atoms with van der Waals surface area (Å²) in [7, 11) is 0. The number of amides is 4. The van der Waals surface area contributed by atoms with E-state index in [9.17, 15) is 14.4 Å². The van der Waals surface area contributed by atoms with Gasteiger partial charge < -0.3 is 16.0 Å². The summed E-state index contributed by atoms with van der Waals surface area (Å²) in [6, 6.07) is 11.7. The van der Waals surface area contributed by atoms with Gasteiger partial charge in [-0.05, 0) is 80.7 Å². The van der Waals surface area contributed by atoms with Gasteiger partial charge in [-0.3, -0.25) is 14.5 Å². The number of nitrogen functional groups attached to an aromatic ring is 1. The zero-order valence-corrected chi connectivity index (χ0v) is 21.5. The fourth-order valence-corrected chi connectivity index (χ4v) is 6.15. The highest BCUT2D eigenvalue weighted by atomic mass is 16.2. The number of nitrogens with two attached hydrogens (primary N) is 1. The molecular formula is C29H37N5O3. The third-order valence-corrected chi connectivity index (χ3v) is 8.21. The molecule has 196 valence electrons. The summed E-state index contributed by atoms with van der Waals surface area (Å²) in [6.07, 6.45) is 10.00. The van der Waals surface area contributed by atoms with E-state index in [0.717, 1.165) is 36.9 Å². The van der Waals surface area contributed by atoms with Crippen LogP contribution in [0.15, 0.2) is 48.7 Å². The number of aromatic nitrogens is 1. The third kappa shape index (κ3) is 5.33. The van der Waals surface area contributed by atoms with Gasteiger partial charge in [0.15, 0.2) is 0 Å². The number of anilines is 2. The van der Waals surface area contributed by atoms with E-state index in [1.807, 2.05) is 37.3 Å². The van der Waals surface area contributed by atoms with Crippen LogP contribution in [0.5, 0.6) is 0 Å². The predicted octanol–water partition coefficient (Wildman–Crippen LogP) is 4.15. The molecule has 3 aliphatic rings. The largest absolute Gasteiger partial charge is 0.384 e. The predicted molar refractivity (Wildman–Crippen MR) is 143 cm³/mol. The maximum Gasteiger partial charge on any atom is 0.325 e. The van der Waals surface area contributed by atoms with Crippen LogP contribution in [0.2, 0.25) is 0 Å². The summed E-state index contributed by atoms with van der Waals surface area (Å²) in [4.78, 5) is 47.9. The highest BCUT2D eigenvalue weighted by molar-refractivity contribution is 6.12. The number of hydrogen-bond acceptors (Lipinski definition) is 5. The van der Waals surface area contributed by atoms with Crippen molar-refractivity contribution in [2.24, 2.45) is 17.8 Å². The lowest BCUT2D eigenvalue weighted by Gasteiger charge is -2.47. The smallest absolute Gasteiger partial charge is 0.325 e. The van der Waals surface area contributed by atoms with Crippen molar-refractivity contribution in [1.29, 1.82) is 0 Å². The molecule has 1 saturated heterocycles. The standard InChI is InChI=1S/C29H37N5O3/c1-2-33(22-11-7-4-8-12-22)28(36)26-23(17-19-15-16-31-24(30)18-19)27(35)34(26)29(37)32-25(21-13-14-21)20-9-5-3-6-10-20/h4,7-8,11-12,15-16,18,20-21,23,25-26H,2-3,5-6,9-10,13-14,17H2,1H3,(H2,30,31)(H,32,37)/t23-,25?,26+/m1/s1. The van der Waals surface area contributed by atoms with Crippen molar-refractivity contribution in [3.8, 4) is 0 Å². The zero-order valence-electron chi connectivity index (χ0n) is 21.5. The van der Waals surface area contributed by atoms with Crippen molar-refractivity contribution in [3.05, 3.63) is 54.2 Å². The van der Waals surface area contributed by atoms with E-state index in [0.29, 0.717) is 30.6 Å². The molecule has 0 radical (unpaired) electrons. The van der Waals surface area contributed by atoms with E-state index in [1.54, 1.807) is 23.2 Å². The molecule has 8 nitrogen and oxygen atoms in total. The van der Waals surface area contributed by atoms with E-state index < -0.39 is 18.0 Å². The molecule has 8 heteroatoms. The Hall–Kier alpha value is -3.42. The van der Waals surface area contributed by atoms with Crippen LogP contribution in [0.3, 0.4) is 0 Å². The summed E-state index contributed by atoms with van der Waals surface area (Å²) in [6.45, 7) is 2.34. The molecule has 1 aliphatic heterocycles. The van der Waals surface area contributed by atoms with Gasteiger partial charge >= 0.3 is 6.03 Å². The molecule has 1 aromatic heterocycles. The normalized spacial score (nSPS) is 22.7. The first kappa shape index (κ1) is 25.2. The maximum absolute atomic E-state index is 13.9. The number of nitrogens with one attached hydrogen (secondary N) is 1. The van der Waals surface area contributed by atoms with Crippen LogP contribution in [-0.4, -0.2) is 46.4 Å². The quantitative estimate of drug-likeness (QED) is 0.526. The number of nitrogens with zero attached hydrogens (tertiary/aromatic N) is 3. The molecule has 3 N–H and O–H groups in total. The number of benzene rings is 1. The Kier molecular flexibility index (Phi) is 7.44. The Morgan fingerprint density at radius 3 is 2.43 bits per heavy atom. The summed E-state index contributed by atoms with van der Waals surface area (Å²) in [5.41, 5.74) is 7.43. The van der Waals surface area contributed by atoms with Gasteiger partial charge in [0.1, 0.15) is 11.9 Å². The van der Waals surface area contributed by atoms with E-state index >= 15 is 0 Å². The summed E-state index contributed by atoms with van der Waals surface area (Å²) in [5.74, 6) is 0.102. The molecule has 37 heavy (non-hydrogen) atoms. The average molecular weight is 504 g/mol. The Morgan fingerprint density at radius 2 is 1.78 bits per heavy atom. The maximum atomic E-state index is 13.9. The summed E-state index contributed by atoms with van der Waals surface area (Å²) < 4.78 is 0. The molecule has 2 saturated carbocycles. The number of imide groups is 1. The van der Waals surface area contributed by atoms with Gasteiger partial charge in [0.2, 0.25) is 5.91 Å². The lowest BCUT2D eigenvalue weighted by molar-refractivity contribution is -0.156. The lowest BCUT2D eigenvalue weighted by Crippen LogP contribution is -2.71. The number of likely N-dealkylation sites (tertiary alicyclic amines) is 1. The number of carbonyl (C=O) groups excluding carboxylic acids is 3. The molecule has 1 unspecified atom stereocenters. The Balaban J connectivity index is 1.39. The molecule has 2 heterocycles. The number of pyridine rings is 1. The van der Waals surface area contributed by atoms with Crippen LogP contribution in [0, 0.1) is 17.8 Å². The van der Waals surface area contributed by atoms with Gasteiger partial charge in [-0.1, -0.05) is 37.5 Å². The Labute approximate surface area is 218 Å². The van der Waals surface area contributed by atoms with Gasteiger partial charge in [0.25, 0.3) is 5.91 Å². The summed E-state index contributed by atoms with van der Waals surface area (Å²) >= 11 is 0. The topological polar surface area (TPSA) is 109 Å². The average Bonchev–Trinajstić information content (AvgIpc) is 3.75. The van der Waals surface area contributed by atoms with E-state index in [4.69, 9.17) is 5.73 Å². The molecule has 3 fully saturated rings. The van der Waals surface area contributed by atoms with Crippen molar-refractivity contribution < 1.29 is 14.4 Å². The molecule has 2 aromatic rings. The number of carbonyl (C=O) groups is 3. The fraction of sp³-hybridized carbons (Fsp3) is 0.517. The van der Waals surface area contributed by atoms with E-state index in [2.05, 4.69) is 10.3 Å². The van der Waals surface area contributed by atoms with Gasteiger partial charge in [-0.25, -0.2) is 9.78 Å². The number of likely N-dealkylation sites (N-methyl/N-ethyl adjacent to an activating group) is 1. The van der Waals surface area contributed by atoms with Crippen LogP contribution in [-0.2, 0) is 16.0 Å². The highest BCUT2D eigenvalue weighted by Gasteiger charge is 2.56. The molecule has 1 aromatic carbocycles. The molecule has 5 rings (SSSR count). The second-order valence-corrected chi connectivity index (χ2v) is 10.7. The highest BCUT2D eigenvalue weighted by Crippen LogP contribution is 2.41. The molecule has 4 amide bonds. The first-order valence-corrected chi connectivity index (χ1v) is 13.7. The molecule has 0 bridgehead atoms. The van der Waals surface area contributed by atoms with Gasteiger partial charge in [0, 0.05) is 24.5 Å². The molecule has 3 atom stereocenters. The van der Waals surface area contributed by atoms with Gasteiger partial charge in [-0.2, -0.15) is 0 Å². The second kappa shape index (κ2) is 10.9.